The van der Waals surface area contributed by atoms with E-state index in [0.29, 0.717) is 0 Å². The van der Waals surface area contributed by atoms with Gasteiger partial charge in [0.05, 0.1) is 0 Å². The zero-order chi connectivity index (χ0) is 9.22. The Morgan fingerprint density at radius 2 is 2.23 bits per heavy atom. The fourth-order valence-corrected chi connectivity index (χ4v) is 4.54. The van der Waals surface area contributed by atoms with Crippen molar-refractivity contribution in [2.45, 2.75) is 38.6 Å². The number of likely N-dealkylation sites (tertiary alicyclic amines) is 1. The molecule has 1 nitrogen and oxygen atoms in total. The fraction of sp³-hybridized carbons (Fsp3) is 1.00. The van der Waals surface area contributed by atoms with Gasteiger partial charge in [0.1, 0.15) is 0 Å². The highest BCUT2D eigenvalue weighted by Gasteiger charge is 2.74. The van der Waals surface area contributed by atoms with Gasteiger partial charge in [0.25, 0.3) is 0 Å². The van der Waals surface area contributed by atoms with Gasteiger partial charge in [-0.15, -0.1) is 0 Å². The standard InChI is InChI=1S/C12H21N/c1-4-8(2)11-9-5-6-12(9)10(11)7-13(12)3/h8-11H,4-7H2,1-3H3. The van der Waals surface area contributed by atoms with Crippen LogP contribution in [0.1, 0.15) is 33.1 Å². The van der Waals surface area contributed by atoms with Crippen LogP contribution in [-0.4, -0.2) is 24.0 Å². The summed E-state index contributed by atoms with van der Waals surface area (Å²) >= 11 is 0. The van der Waals surface area contributed by atoms with Crippen LogP contribution >= 0.6 is 0 Å². The predicted molar refractivity (Wildman–Crippen MR) is 54.5 cm³/mol. The minimum Gasteiger partial charge on any atom is -0.300 e. The van der Waals surface area contributed by atoms with Gasteiger partial charge < -0.3 is 0 Å². The summed E-state index contributed by atoms with van der Waals surface area (Å²) in [5.74, 6) is 4.25. The van der Waals surface area contributed by atoms with Crippen molar-refractivity contribution in [2.75, 3.05) is 13.6 Å². The van der Waals surface area contributed by atoms with E-state index < -0.39 is 0 Å². The third-order valence-corrected chi connectivity index (χ3v) is 5.55. The maximum Gasteiger partial charge on any atom is 0.0281 e. The Morgan fingerprint density at radius 3 is 2.62 bits per heavy atom. The van der Waals surface area contributed by atoms with Crippen molar-refractivity contribution >= 4 is 0 Å². The summed E-state index contributed by atoms with van der Waals surface area (Å²) in [5.41, 5.74) is 0.744. The number of hydrogen-bond donors (Lipinski definition) is 0. The van der Waals surface area contributed by atoms with Crippen molar-refractivity contribution in [2.24, 2.45) is 23.7 Å². The van der Waals surface area contributed by atoms with Crippen LogP contribution in [0.15, 0.2) is 0 Å². The SMILES string of the molecule is CCC(C)C1C2CCC23C1CN3C. The van der Waals surface area contributed by atoms with Crippen LogP contribution in [0, 0.1) is 23.7 Å². The average molecular weight is 179 g/mol. The molecule has 13 heavy (non-hydrogen) atoms. The predicted octanol–water partition coefficient (Wildman–Crippen LogP) is 2.37. The zero-order valence-electron chi connectivity index (χ0n) is 9.09. The van der Waals surface area contributed by atoms with Crippen molar-refractivity contribution in [3.8, 4) is 0 Å². The lowest BCUT2D eigenvalue weighted by molar-refractivity contribution is -0.301. The highest BCUT2D eigenvalue weighted by molar-refractivity contribution is 5.27. The van der Waals surface area contributed by atoms with Gasteiger partial charge in [-0.05, 0) is 43.6 Å². The van der Waals surface area contributed by atoms with Crippen LogP contribution in [-0.2, 0) is 0 Å². The van der Waals surface area contributed by atoms with Crippen LogP contribution in [0.3, 0.4) is 0 Å². The molecule has 0 N–H and O–H groups in total. The Morgan fingerprint density at radius 1 is 1.46 bits per heavy atom. The van der Waals surface area contributed by atoms with Crippen molar-refractivity contribution in [3.05, 3.63) is 0 Å². The fourth-order valence-electron chi connectivity index (χ4n) is 4.54. The number of hydrogen-bond acceptors (Lipinski definition) is 1. The first kappa shape index (κ1) is 8.28. The topological polar surface area (TPSA) is 3.24 Å². The molecule has 0 aromatic carbocycles. The molecule has 3 fully saturated rings. The third-order valence-electron chi connectivity index (χ3n) is 5.55. The van der Waals surface area contributed by atoms with E-state index in [1.54, 1.807) is 0 Å². The minimum absolute atomic E-state index is 0.744. The highest BCUT2D eigenvalue weighted by Crippen LogP contribution is 2.71. The van der Waals surface area contributed by atoms with E-state index in [2.05, 4.69) is 25.8 Å². The first-order chi connectivity index (χ1) is 6.21. The van der Waals surface area contributed by atoms with Gasteiger partial charge in [0.15, 0.2) is 0 Å². The van der Waals surface area contributed by atoms with Gasteiger partial charge in [-0.2, -0.15) is 0 Å². The van der Waals surface area contributed by atoms with Crippen molar-refractivity contribution in [1.29, 1.82) is 0 Å². The summed E-state index contributed by atoms with van der Waals surface area (Å²) in [6.45, 7) is 6.21. The normalized spacial score (nSPS) is 55.2. The third kappa shape index (κ3) is 0.674. The van der Waals surface area contributed by atoms with Crippen LogP contribution in [0.2, 0.25) is 0 Å². The molecule has 5 unspecified atom stereocenters. The molecular formula is C12H21N. The summed E-state index contributed by atoms with van der Waals surface area (Å²) in [4.78, 5) is 2.63. The first-order valence-electron chi connectivity index (χ1n) is 5.93. The molecular weight excluding hydrogens is 158 g/mol. The second-order valence-electron chi connectivity index (χ2n) is 5.59. The molecule has 3 aliphatic rings. The Hall–Kier alpha value is -0.0400. The molecule has 0 bridgehead atoms. The van der Waals surface area contributed by atoms with Crippen molar-refractivity contribution in [1.82, 2.24) is 4.90 Å². The Bertz CT molecular complexity index is 229. The molecule has 1 saturated heterocycles. The molecule has 0 amide bonds. The maximum atomic E-state index is 2.63. The average Bonchev–Trinajstić information content (AvgIpc) is 2.07. The lowest BCUT2D eigenvalue weighted by Crippen LogP contribution is -2.85. The second-order valence-corrected chi connectivity index (χ2v) is 5.59. The molecule has 0 aromatic heterocycles. The number of nitrogens with zero attached hydrogens (tertiary/aromatic N) is 1. The van der Waals surface area contributed by atoms with E-state index in [0.717, 1.165) is 29.2 Å². The van der Waals surface area contributed by atoms with E-state index in [9.17, 15) is 0 Å². The van der Waals surface area contributed by atoms with Crippen molar-refractivity contribution in [3.63, 3.8) is 0 Å². The Labute approximate surface area is 81.5 Å². The molecule has 2 aliphatic carbocycles. The summed E-state index contributed by atoms with van der Waals surface area (Å²) in [6, 6.07) is 0. The van der Waals surface area contributed by atoms with Crippen LogP contribution in [0.5, 0.6) is 0 Å². The van der Waals surface area contributed by atoms with E-state index in [-0.39, 0.29) is 0 Å². The summed E-state index contributed by atoms with van der Waals surface area (Å²) < 4.78 is 0. The summed E-state index contributed by atoms with van der Waals surface area (Å²) in [6.07, 6.45) is 4.42. The van der Waals surface area contributed by atoms with Gasteiger partial charge in [-0.1, -0.05) is 20.3 Å². The number of piperidine rings is 1. The van der Waals surface area contributed by atoms with Crippen LogP contribution < -0.4 is 0 Å². The minimum atomic E-state index is 0.744. The Kier molecular flexibility index (Phi) is 1.47. The molecule has 1 heteroatoms. The van der Waals surface area contributed by atoms with E-state index in [1.807, 2.05) is 0 Å². The smallest absolute Gasteiger partial charge is 0.0281 e. The van der Waals surface area contributed by atoms with Crippen molar-refractivity contribution < 1.29 is 0 Å². The maximum absolute atomic E-state index is 2.63. The van der Waals surface area contributed by atoms with Crippen LogP contribution in [0.4, 0.5) is 0 Å². The zero-order valence-corrected chi connectivity index (χ0v) is 9.09. The van der Waals surface area contributed by atoms with E-state index >= 15 is 0 Å². The summed E-state index contributed by atoms with van der Waals surface area (Å²) in [5, 5.41) is 0. The molecule has 0 radical (unpaired) electrons. The van der Waals surface area contributed by atoms with Gasteiger partial charge in [-0.25, -0.2) is 0 Å². The highest BCUT2D eigenvalue weighted by atomic mass is 15.3. The van der Waals surface area contributed by atoms with Gasteiger partial charge >= 0.3 is 0 Å². The van der Waals surface area contributed by atoms with Gasteiger partial charge in [0, 0.05) is 12.1 Å². The van der Waals surface area contributed by atoms with Crippen LogP contribution in [0.25, 0.3) is 0 Å². The Balaban J connectivity index is 1.77. The quantitative estimate of drug-likeness (QED) is 0.629. The van der Waals surface area contributed by atoms with E-state index in [1.165, 1.54) is 25.8 Å². The molecule has 5 atom stereocenters. The molecule has 1 spiro atoms. The largest absolute Gasteiger partial charge is 0.300 e. The molecule has 3 rings (SSSR count). The number of rotatable bonds is 2. The molecule has 74 valence electrons. The molecule has 2 saturated carbocycles. The van der Waals surface area contributed by atoms with Gasteiger partial charge in [-0.3, -0.25) is 4.90 Å². The summed E-state index contributed by atoms with van der Waals surface area (Å²) in [7, 11) is 2.33. The lowest BCUT2D eigenvalue weighted by atomic mass is 9.35. The molecule has 0 aromatic rings. The molecule has 1 heterocycles. The monoisotopic (exact) mass is 179 g/mol. The second kappa shape index (κ2) is 2.31. The first-order valence-corrected chi connectivity index (χ1v) is 5.93. The lowest BCUT2D eigenvalue weighted by Gasteiger charge is -2.80. The molecule has 1 aliphatic heterocycles. The van der Waals surface area contributed by atoms with Gasteiger partial charge in [0.2, 0.25) is 0 Å². The van der Waals surface area contributed by atoms with E-state index in [4.69, 9.17) is 0 Å².